The van der Waals surface area contributed by atoms with Gasteiger partial charge in [-0.25, -0.2) is 4.39 Å². The van der Waals surface area contributed by atoms with Gasteiger partial charge in [0.2, 0.25) is 0 Å². The minimum atomic E-state index is -0.177. The van der Waals surface area contributed by atoms with E-state index in [0.717, 1.165) is 31.6 Å². The van der Waals surface area contributed by atoms with Gasteiger partial charge in [0.15, 0.2) is 0 Å². The van der Waals surface area contributed by atoms with Crippen LogP contribution in [0, 0.1) is 5.82 Å². The molecule has 0 amide bonds. The van der Waals surface area contributed by atoms with Gasteiger partial charge < -0.3 is 10.1 Å². The Hall–Kier alpha value is -0.930. The predicted molar refractivity (Wildman–Crippen MR) is 71.0 cm³/mol. The van der Waals surface area contributed by atoms with Crippen LogP contribution in [0.5, 0.6) is 0 Å². The van der Waals surface area contributed by atoms with Gasteiger partial charge in [0.1, 0.15) is 5.82 Å². The van der Waals surface area contributed by atoms with Crippen LogP contribution in [-0.2, 0) is 4.74 Å². The molecule has 1 heterocycles. The molecule has 0 aromatic heterocycles. The lowest BCUT2D eigenvalue weighted by molar-refractivity contribution is 0.102. The molecule has 1 aliphatic heterocycles. The molecule has 1 aromatic carbocycles. The van der Waals surface area contributed by atoms with E-state index in [-0.39, 0.29) is 11.9 Å². The third kappa shape index (κ3) is 4.07. The molecule has 0 spiro atoms. The van der Waals surface area contributed by atoms with Crippen molar-refractivity contribution in [2.75, 3.05) is 13.2 Å². The number of rotatable bonds is 6. The Labute approximate surface area is 109 Å². The summed E-state index contributed by atoms with van der Waals surface area (Å²) < 4.78 is 18.4. The zero-order valence-electron chi connectivity index (χ0n) is 11.0. The maximum atomic E-state index is 12.8. The zero-order valence-corrected chi connectivity index (χ0v) is 11.0. The largest absolute Gasteiger partial charge is 0.378 e. The van der Waals surface area contributed by atoms with Crippen molar-refractivity contribution in [3.63, 3.8) is 0 Å². The fourth-order valence-corrected chi connectivity index (χ4v) is 2.39. The molecule has 1 fully saturated rings. The average molecular weight is 251 g/mol. The summed E-state index contributed by atoms with van der Waals surface area (Å²) in [6, 6.07) is 6.98. The predicted octanol–water partition coefficient (Wildman–Crippen LogP) is 3.44. The first kappa shape index (κ1) is 13.5. The molecule has 0 saturated carbocycles. The Kier molecular flexibility index (Phi) is 5.14. The monoisotopic (exact) mass is 251 g/mol. The van der Waals surface area contributed by atoms with Crippen LogP contribution < -0.4 is 5.32 Å². The lowest BCUT2D eigenvalue weighted by atomic mass is 10.1. The fraction of sp³-hybridized carbons (Fsp3) is 0.600. The minimum absolute atomic E-state index is 0.177. The van der Waals surface area contributed by atoms with Gasteiger partial charge in [-0.2, -0.15) is 0 Å². The second kappa shape index (κ2) is 6.86. The Morgan fingerprint density at radius 1 is 1.39 bits per heavy atom. The second-order valence-electron chi connectivity index (χ2n) is 5.00. The van der Waals surface area contributed by atoms with Gasteiger partial charge in [-0.1, -0.05) is 12.1 Å². The molecule has 18 heavy (non-hydrogen) atoms. The van der Waals surface area contributed by atoms with E-state index in [0.29, 0.717) is 6.10 Å². The third-order valence-electron chi connectivity index (χ3n) is 3.55. The summed E-state index contributed by atoms with van der Waals surface area (Å²) in [5, 5.41) is 3.46. The molecule has 2 unspecified atom stereocenters. The van der Waals surface area contributed by atoms with E-state index in [1.54, 1.807) is 0 Å². The number of nitrogens with one attached hydrogen (secondary N) is 1. The summed E-state index contributed by atoms with van der Waals surface area (Å²) in [4.78, 5) is 0. The van der Waals surface area contributed by atoms with Gasteiger partial charge in [-0.15, -0.1) is 0 Å². The SMILES string of the molecule is CC(NCCCC1CCCO1)c1ccc(F)cc1. The van der Waals surface area contributed by atoms with E-state index in [2.05, 4.69) is 12.2 Å². The number of hydrogen-bond donors (Lipinski definition) is 1. The number of hydrogen-bond acceptors (Lipinski definition) is 2. The number of ether oxygens (including phenoxy) is 1. The van der Waals surface area contributed by atoms with Crippen molar-refractivity contribution in [2.24, 2.45) is 0 Å². The highest BCUT2D eigenvalue weighted by Gasteiger charge is 2.14. The van der Waals surface area contributed by atoms with Crippen molar-refractivity contribution < 1.29 is 9.13 Å². The van der Waals surface area contributed by atoms with Crippen LogP contribution in [0.25, 0.3) is 0 Å². The normalized spacial score (nSPS) is 21.1. The van der Waals surface area contributed by atoms with Crippen LogP contribution in [0.15, 0.2) is 24.3 Å². The van der Waals surface area contributed by atoms with E-state index >= 15 is 0 Å². The molecular weight excluding hydrogens is 229 g/mol. The maximum Gasteiger partial charge on any atom is 0.123 e. The highest BCUT2D eigenvalue weighted by Crippen LogP contribution is 2.17. The minimum Gasteiger partial charge on any atom is -0.378 e. The van der Waals surface area contributed by atoms with Gasteiger partial charge in [0.25, 0.3) is 0 Å². The Balaban J connectivity index is 1.64. The molecule has 1 aromatic rings. The number of halogens is 1. The molecule has 1 aliphatic rings. The van der Waals surface area contributed by atoms with Gasteiger partial charge in [0, 0.05) is 12.6 Å². The van der Waals surface area contributed by atoms with E-state index in [4.69, 9.17) is 4.74 Å². The Morgan fingerprint density at radius 2 is 2.17 bits per heavy atom. The van der Waals surface area contributed by atoms with Crippen molar-refractivity contribution in [1.29, 1.82) is 0 Å². The first-order chi connectivity index (χ1) is 8.75. The maximum absolute atomic E-state index is 12.8. The molecule has 0 bridgehead atoms. The van der Waals surface area contributed by atoms with Gasteiger partial charge in [-0.3, -0.25) is 0 Å². The average Bonchev–Trinajstić information content (AvgIpc) is 2.88. The molecule has 100 valence electrons. The van der Waals surface area contributed by atoms with Crippen molar-refractivity contribution in [3.8, 4) is 0 Å². The van der Waals surface area contributed by atoms with E-state index in [1.807, 2.05) is 12.1 Å². The highest BCUT2D eigenvalue weighted by molar-refractivity contribution is 5.19. The van der Waals surface area contributed by atoms with E-state index < -0.39 is 0 Å². The van der Waals surface area contributed by atoms with E-state index in [1.165, 1.54) is 25.0 Å². The first-order valence-corrected chi connectivity index (χ1v) is 6.86. The second-order valence-corrected chi connectivity index (χ2v) is 5.00. The third-order valence-corrected chi connectivity index (χ3v) is 3.55. The fourth-order valence-electron chi connectivity index (χ4n) is 2.39. The quantitative estimate of drug-likeness (QED) is 0.782. The molecule has 2 nitrogen and oxygen atoms in total. The molecule has 2 atom stereocenters. The summed E-state index contributed by atoms with van der Waals surface area (Å²) in [6.45, 7) is 4.03. The van der Waals surface area contributed by atoms with Crippen molar-refractivity contribution in [1.82, 2.24) is 5.32 Å². The summed E-state index contributed by atoms with van der Waals surface area (Å²) in [6.07, 6.45) is 5.18. The van der Waals surface area contributed by atoms with Gasteiger partial charge >= 0.3 is 0 Å². The van der Waals surface area contributed by atoms with Crippen LogP contribution in [0.4, 0.5) is 4.39 Å². The van der Waals surface area contributed by atoms with Gasteiger partial charge in [-0.05, 0) is 56.8 Å². The molecule has 2 rings (SSSR count). The Morgan fingerprint density at radius 3 is 2.83 bits per heavy atom. The molecule has 1 N–H and O–H groups in total. The summed E-state index contributed by atoms with van der Waals surface area (Å²) in [5.74, 6) is -0.177. The van der Waals surface area contributed by atoms with Gasteiger partial charge in [0.05, 0.1) is 6.10 Å². The molecule has 3 heteroatoms. The summed E-state index contributed by atoms with van der Waals surface area (Å²) in [5.41, 5.74) is 1.13. The van der Waals surface area contributed by atoms with Crippen molar-refractivity contribution >= 4 is 0 Å². The molecule has 0 radical (unpaired) electrons. The standard InChI is InChI=1S/C15H22FNO/c1-12(13-6-8-14(16)9-7-13)17-10-2-4-15-5-3-11-18-15/h6-9,12,15,17H,2-5,10-11H2,1H3. The lowest BCUT2D eigenvalue weighted by Gasteiger charge is -2.15. The zero-order chi connectivity index (χ0) is 12.8. The van der Waals surface area contributed by atoms with E-state index in [9.17, 15) is 4.39 Å². The molecular formula is C15H22FNO. The topological polar surface area (TPSA) is 21.3 Å². The van der Waals surface area contributed by atoms with Crippen LogP contribution in [0.1, 0.15) is 44.2 Å². The summed E-state index contributed by atoms with van der Waals surface area (Å²) >= 11 is 0. The summed E-state index contributed by atoms with van der Waals surface area (Å²) in [7, 11) is 0. The molecule has 0 aliphatic carbocycles. The van der Waals surface area contributed by atoms with Crippen LogP contribution in [0.2, 0.25) is 0 Å². The van der Waals surface area contributed by atoms with Crippen LogP contribution in [-0.4, -0.2) is 19.3 Å². The van der Waals surface area contributed by atoms with Crippen LogP contribution in [0.3, 0.4) is 0 Å². The van der Waals surface area contributed by atoms with Crippen molar-refractivity contribution in [2.45, 2.75) is 44.8 Å². The number of benzene rings is 1. The van der Waals surface area contributed by atoms with Crippen LogP contribution >= 0.6 is 0 Å². The molecule has 1 saturated heterocycles. The smallest absolute Gasteiger partial charge is 0.123 e. The van der Waals surface area contributed by atoms with Crippen molar-refractivity contribution in [3.05, 3.63) is 35.6 Å². The lowest BCUT2D eigenvalue weighted by Crippen LogP contribution is -2.21. The Bertz CT molecular complexity index is 346. The highest BCUT2D eigenvalue weighted by atomic mass is 19.1. The first-order valence-electron chi connectivity index (χ1n) is 6.86.